The number of esters is 1. The maximum Gasteiger partial charge on any atom is 0.303 e. The topological polar surface area (TPSA) is 176 Å². The van der Waals surface area contributed by atoms with Gasteiger partial charge in [0.25, 0.3) is 17.7 Å². The van der Waals surface area contributed by atoms with E-state index < -0.39 is 29.5 Å². The number of thioether (sulfide) groups is 3. The number of phenolic OH excluding ortho intramolecular Hbond substituents is 1. The van der Waals surface area contributed by atoms with Crippen LogP contribution < -0.4 is 24.2 Å². The predicted molar refractivity (Wildman–Crippen MR) is 320 cm³/mol. The van der Waals surface area contributed by atoms with Crippen molar-refractivity contribution >= 4 is 76.0 Å². The number of methoxy groups -OCH3 is 2. The molecule has 0 saturated carbocycles. The zero-order valence-corrected chi connectivity index (χ0v) is 49.1. The number of ether oxygens (including phenoxy) is 3. The van der Waals surface area contributed by atoms with E-state index in [0.717, 1.165) is 66.5 Å². The minimum absolute atomic E-state index is 0.163. The van der Waals surface area contributed by atoms with Crippen LogP contribution in [-0.4, -0.2) is 168 Å². The van der Waals surface area contributed by atoms with E-state index in [1.807, 2.05) is 178 Å². The van der Waals surface area contributed by atoms with Crippen molar-refractivity contribution in [3.8, 4) is 17.2 Å². The van der Waals surface area contributed by atoms with Crippen molar-refractivity contribution in [2.45, 2.75) is 55.7 Å². The van der Waals surface area contributed by atoms with Gasteiger partial charge in [-0.15, -0.1) is 35.3 Å². The summed E-state index contributed by atoms with van der Waals surface area (Å²) in [4.78, 5) is 65.6. The Balaban J connectivity index is 0.000000174. The van der Waals surface area contributed by atoms with E-state index in [9.17, 15) is 34.5 Å². The van der Waals surface area contributed by atoms with Gasteiger partial charge in [-0.2, -0.15) is 0 Å². The highest BCUT2D eigenvalue weighted by atomic mass is 32.2. The summed E-state index contributed by atoms with van der Waals surface area (Å²) in [6.07, 6.45) is -3.17. The Kier molecular flexibility index (Phi) is 21.9. The van der Waals surface area contributed by atoms with Crippen LogP contribution in [0, 0.1) is 0 Å². The molecule has 3 amide bonds. The van der Waals surface area contributed by atoms with Gasteiger partial charge >= 0.3 is 5.97 Å². The molecule has 80 heavy (non-hydrogen) atoms. The molecule has 6 aromatic rings. The lowest BCUT2D eigenvalue weighted by atomic mass is 10.1. The second kappa shape index (κ2) is 28.7. The molecular formula is C61H72N6O10S3. The zero-order chi connectivity index (χ0) is 57.6. The summed E-state index contributed by atoms with van der Waals surface area (Å²) < 4.78 is 16.0. The van der Waals surface area contributed by atoms with Crippen LogP contribution in [0.5, 0.6) is 17.2 Å². The highest BCUT2D eigenvalue weighted by Crippen LogP contribution is 2.49. The number of rotatable bonds is 15. The normalized spacial score (nSPS) is 19.8. The molecule has 424 valence electrons. The third-order valence-corrected chi connectivity index (χ3v) is 17.5. The van der Waals surface area contributed by atoms with Gasteiger partial charge in [0.2, 0.25) is 0 Å². The van der Waals surface area contributed by atoms with Crippen molar-refractivity contribution < 1.29 is 48.7 Å². The number of anilines is 3. The standard InChI is InChI=1S/C22H26N2O4S.C20H24N2O3S.C19H22N2O3S/c1-15(25)28-20-21(16-9-11-17(27-4)12-10-16)29-19-8-6-5-7-18(19)24(22(20)26)14-13-23(2)3;1-21(2)12-13-22-16-6-4-5-7-17(16)26-19(18(23)20(22)24)14-8-10-15(25-3)11-9-14;1-20(2)11-12-21-15-5-3-4-6-16(15)25-18(17(23)19(21)24)13-7-9-14(22)10-8-13/h5-12,20-21H,13-14H2,1-4H3;4-11,18-19,23H,12-13H2,1-3H3;3-10,17-18,22-23H,11-12H2,1-2H3/t20-,21+;18-,19+;17-,18+/m111/s1. The summed E-state index contributed by atoms with van der Waals surface area (Å²) in [5, 5.41) is 30.0. The first kappa shape index (κ1) is 61.1. The van der Waals surface area contributed by atoms with E-state index in [4.69, 9.17) is 14.2 Å². The van der Waals surface area contributed by atoms with Crippen molar-refractivity contribution in [1.29, 1.82) is 0 Å². The molecular weight excluding hydrogens is 1070 g/mol. The maximum absolute atomic E-state index is 13.6. The third-order valence-electron chi connectivity index (χ3n) is 13.3. The van der Waals surface area contributed by atoms with Gasteiger partial charge in [-0.25, -0.2) is 0 Å². The molecule has 0 spiro atoms. The number of carbonyl (C=O) groups excluding carboxylic acids is 4. The Morgan fingerprint density at radius 2 is 0.787 bits per heavy atom. The monoisotopic (exact) mass is 1140 g/mol. The number of aliphatic hydroxyl groups is 2. The third kappa shape index (κ3) is 15.5. The number of hydrogen-bond acceptors (Lipinski definition) is 16. The molecule has 0 aliphatic carbocycles. The average molecular weight is 1150 g/mol. The number of amides is 3. The minimum atomic E-state index is -1.15. The number of nitrogens with zero attached hydrogens (tertiary/aromatic N) is 6. The van der Waals surface area contributed by atoms with Crippen molar-refractivity contribution in [3.63, 3.8) is 0 Å². The molecule has 3 heterocycles. The quantitative estimate of drug-likeness (QED) is 0.0832. The van der Waals surface area contributed by atoms with Crippen LogP contribution in [-0.2, 0) is 23.9 Å². The summed E-state index contributed by atoms with van der Waals surface area (Å²) in [6, 6.07) is 45.1. The summed E-state index contributed by atoms with van der Waals surface area (Å²) in [7, 11) is 15.0. The van der Waals surface area contributed by atoms with E-state index in [1.165, 1.54) is 30.4 Å². The predicted octanol–water partition coefficient (Wildman–Crippen LogP) is 8.66. The molecule has 0 fully saturated rings. The Bertz CT molecular complexity index is 3020. The van der Waals surface area contributed by atoms with Gasteiger partial charge in [0.1, 0.15) is 29.5 Å². The first-order valence-corrected chi connectivity index (χ1v) is 28.8. The van der Waals surface area contributed by atoms with Crippen LogP contribution >= 0.6 is 35.3 Å². The molecule has 3 aliphatic rings. The van der Waals surface area contributed by atoms with Crippen molar-refractivity contribution in [2.24, 2.45) is 0 Å². The van der Waals surface area contributed by atoms with Gasteiger partial charge in [0, 0.05) is 60.9 Å². The van der Waals surface area contributed by atoms with E-state index in [0.29, 0.717) is 32.7 Å². The minimum Gasteiger partial charge on any atom is -0.508 e. The lowest BCUT2D eigenvalue weighted by Gasteiger charge is -2.28. The second-order valence-corrected chi connectivity index (χ2v) is 23.5. The van der Waals surface area contributed by atoms with Crippen LogP contribution in [0.2, 0.25) is 0 Å². The molecule has 16 nitrogen and oxygen atoms in total. The van der Waals surface area contributed by atoms with Crippen LogP contribution in [0.1, 0.15) is 39.4 Å². The lowest BCUT2D eigenvalue weighted by Crippen LogP contribution is -2.45. The summed E-state index contributed by atoms with van der Waals surface area (Å²) >= 11 is 4.55. The van der Waals surface area contributed by atoms with Crippen molar-refractivity contribution in [3.05, 3.63) is 162 Å². The van der Waals surface area contributed by atoms with Gasteiger partial charge < -0.3 is 58.9 Å². The van der Waals surface area contributed by atoms with E-state index in [1.54, 1.807) is 64.9 Å². The molecule has 0 aromatic heterocycles. The second-order valence-electron chi connectivity index (χ2n) is 20.0. The van der Waals surface area contributed by atoms with Crippen LogP contribution in [0.25, 0.3) is 0 Å². The molecule has 3 aliphatic heterocycles. The van der Waals surface area contributed by atoms with Gasteiger partial charge in [0.05, 0.1) is 47.0 Å². The largest absolute Gasteiger partial charge is 0.508 e. The number of carbonyl (C=O) groups is 4. The molecule has 19 heteroatoms. The number of fused-ring (bicyclic) bond motifs is 3. The molecule has 0 radical (unpaired) electrons. The van der Waals surface area contributed by atoms with Crippen molar-refractivity contribution in [2.75, 3.05) is 110 Å². The number of phenols is 1. The molecule has 0 unspecified atom stereocenters. The smallest absolute Gasteiger partial charge is 0.303 e. The fourth-order valence-corrected chi connectivity index (χ4v) is 12.9. The zero-order valence-electron chi connectivity index (χ0n) is 46.7. The van der Waals surface area contributed by atoms with E-state index in [2.05, 4.69) is 0 Å². The number of likely N-dealkylation sites (N-methyl/N-ethyl adjacent to an activating group) is 3. The fraction of sp³-hybridized carbons (Fsp3) is 0.344. The van der Waals surface area contributed by atoms with Crippen molar-refractivity contribution in [1.82, 2.24) is 14.7 Å². The molecule has 6 aromatic carbocycles. The Labute approximate surface area is 482 Å². The molecule has 9 rings (SSSR count). The molecule has 6 atom stereocenters. The highest BCUT2D eigenvalue weighted by molar-refractivity contribution is 8.00. The number of aromatic hydroxyl groups is 1. The van der Waals surface area contributed by atoms with Crippen LogP contribution in [0.15, 0.2) is 160 Å². The first-order chi connectivity index (χ1) is 38.4. The molecule has 0 saturated heterocycles. The number of para-hydroxylation sites is 3. The summed E-state index contributed by atoms with van der Waals surface area (Å²) in [5.74, 6) is 0.414. The first-order valence-electron chi connectivity index (χ1n) is 26.1. The Morgan fingerprint density at radius 3 is 1.12 bits per heavy atom. The maximum atomic E-state index is 13.6. The van der Waals surface area contributed by atoms with Gasteiger partial charge in [-0.3, -0.25) is 19.2 Å². The number of aliphatic hydroxyl groups excluding tert-OH is 2. The average Bonchev–Trinajstić information content (AvgIpc) is 3.70. The number of benzene rings is 6. The van der Waals surface area contributed by atoms with Crippen LogP contribution in [0.4, 0.5) is 17.1 Å². The SMILES string of the molecule is CN(C)CCN1C(=O)[C@H](O)[C@H](c2ccc(O)cc2)Sc2ccccc21.COc1ccc([C@@H]2Sc3ccccc3N(CCN(C)C)C(=O)[C@@H]2O)cc1.COc1ccc([C@@H]2Sc3ccccc3N(CCN(C)C)C(=O)[C@@H]2OC(C)=O)cc1. The lowest BCUT2D eigenvalue weighted by molar-refractivity contribution is -0.152. The molecule has 3 N–H and O–H groups in total. The van der Waals surface area contributed by atoms with Crippen LogP contribution in [0.3, 0.4) is 0 Å². The van der Waals surface area contributed by atoms with Gasteiger partial charge in [-0.05, 0) is 132 Å². The highest BCUT2D eigenvalue weighted by Gasteiger charge is 2.42. The summed E-state index contributed by atoms with van der Waals surface area (Å²) in [5.41, 5.74) is 5.16. The van der Waals surface area contributed by atoms with E-state index in [-0.39, 0.29) is 34.0 Å². The fourth-order valence-electron chi connectivity index (χ4n) is 9.04. The Hall–Kier alpha value is -6.55. The Morgan fingerprint density at radius 1 is 0.475 bits per heavy atom. The summed E-state index contributed by atoms with van der Waals surface area (Å²) in [6.45, 7) is 5.04. The van der Waals surface area contributed by atoms with E-state index >= 15 is 0 Å². The van der Waals surface area contributed by atoms with Gasteiger partial charge in [-0.1, -0.05) is 72.8 Å². The number of hydrogen-bond donors (Lipinski definition) is 3. The molecule has 0 bridgehead atoms. The van der Waals surface area contributed by atoms with Gasteiger partial charge in [0.15, 0.2) is 6.10 Å².